The lowest BCUT2D eigenvalue weighted by Crippen LogP contribution is -2.26. The van der Waals surface area contributed by atoms with Gasteiger partial charge in [-0.25, -0.2) is 13.2 Å². The second-order valence-corrected chi connectivity index (χ2v) is 8.44. The smallest absolute Gasteiger partial charge is 0.343 e. The van der Waals surface area contributed by atoms with Gasteiger partial charge in [0.05, 0.1) is 21.1 Å². The Labute approximate surface area is 173 Å². The molecule has 0 aliphatic heterocycles. The highest BCUT2D eigenvalue weighted by molar-refractivity contribution is 7.92. The van der Waals surface area contributed by atoms with Gasteiger partial charge in [0.15, 0.2) is 0 Å². The van der Waals surface area contributed by atoms with E-state index in [-0.39, 0.29) is 21.9 Å². The van der Waals surface area contributed by atoms with Crippen LogP contribution in [0.15, 0.2) is 77.7 Å². The van der Waals surface area contributed by atoms with Crippen LogP contribution in [0.1, 0.15) is 15.9 Å². The number of esters is 1. The highest BCUT2D eigenvalue weighted by Gasteiger charge is 2.21. The van der Waals surface area contributed by atoms with Crippen LogP contribution in [0.2, 0.25) is 0 Å². The number of benzene rings is 3. The first-order valence-corrected chi connectivity index (χ1v) is 10.2. The van der Waals surface area contributed by atoms with Gasteiger partial charge in [-0.3, -0.25) is 14.4 Å². The molecule has 0 amide bonds. The summed E-state index contributed by atoms with van der Waals surface area (Å²) in [5, 5.41) is 10.7. The number of nitro benzene ring substituents is 1. The molecule has 8 nitrogen and oxygen atoms in total. The van der Waals surface area contributed by atoms with Gasteiger partial charge in [-0.1, -0.05) is 17.7 Å². The van der Waals surface area contributed by atoms with E-state index in [4.69, 9.17) is 4.74 Å². The average Bonchev–Trinajstić information content (AvgIpc) is 2.74. The summed E-state index contributed by atoms with van der Waals surface area (Å²) in [6, 6.07) is 17.5. The fourth-order valence-corrected chi connectivity index (χ4v) is 3.81. The van der Waals surface area contributed by atoms with E-state index in [1.165, 1.54) is 55.6 Å². The van der Waals surface area contributed by atoms with E-state index in [2.05, 4.69) is 0 Å². The average molecular weight is 426 g/mol. The molecule has 0 aliphatic rings. The molecular weight excluding hydrogens is 408 g/mol. The van der Waals surface area contributed by atoms with Crippen LogP contribution in [0.25, 0.3) is 0 Å². The summed E-state index contributed by atoms with van der Waals surface area (Å²) in [5.41, 5.74) is 1.37. The molecular formula is C21H18N2O6S. The predicted octanol–water partition coefficient (Wildman–Crippen LogP) is 3.95. The van der Waals surface area contributed by atoms with Gasteiger partial charge in [-0.05, 0) is 55.5 Å². The summed E-state index contributed by atoms with van der Waals surface area (Å²) >= 11 is 0. The van der Waals surface area contributed by atoms with Gasteiger partial charge in [0.25, 0.3) is 15.7 Å². The van der Waals surface area contributed by atoms with Crippen molar-refractivity contribution in [1.29, 1.82) is 0 Å². The molecule has 0 spiro atoms. The summed E-state index contributed by atoms with van der Waals surface area (Å²) in [7, 11) is -2.29. The molecule has 3 aromatic carbocycles. The van der Waals surface area contributed by atoms with Crippen LogP contribution in [0.4, 0.5) is 11.4 Å². The predicted molar refractivity (Wildman–Crippen MR) is 111 cm³/mol. The second kappa shape index (κ2) is 8.34. The molecule has 0 atom stereocenters. The maximum absolute atomic E-state index is 12.8. The normalized spacial score (nSPS) is 11.0. The van der Waals surface area contributed by atoms with Crippen molar-refractivity contribution in [3.63, 3.8) is 0 Å². The zero-order chi connectivity index (χ0) is 21.9. The lowest BCUT2D eigenvalue weighted by molar-refractivity contribution is -0.384. The highest BCUT2D eigenvalue weighted by Crippen LogP contribution is 2.25. The summed E-state index contributed by atoms with van der Waals surface area (Å²) in [4.78, 5) is 22.5. The van der Waals surface area contributed by atoms with Crippen LogP contribution in [-0.2, 0) is 10.0 Å². The molecule has 0 saturated carbocycles. The summed E-state index contributed by atoms with van der Waals surface area (Å²) in [6.45, 7) is 1.87. The molecule has 0 heterocycles. The van der Waals surface area contributed by atoms with Crippen molar-refractivity contribution >= 4 is 27.4 Å². The van der Waals surface area contributed by atoms with Gasteiger partial charge >= 0.3 is 5.97 Å². The number of nitrogens with zero attached hydrogens (tertiary/aromatic N) is 2. The molecule has 3 rings (SSSR count). The Hall–Kier alpha value is -3.72. The number of carbonyl (C=O) groups is 1. The molecule has 9 heteroatoms. The third kappa shape index (κ3) is 4.47. The van der Waals surface area contributed by atoms with Crippen molar-refractivity contribution in [2.24, 2.45) is 0 Å². The maximum Gasteiger partial charge on any atom is 0.343 e. The monoisotopic (exact) mass is 426 g/mol. The van der Waals surface area contributed by atoms with E-state index >= 15 is 0 Å². The third-order valence-electron chi connectivity index (χ3n) is 4.40. The lowest BCUT2D eigenvalue weighted by Gasteiger charge is -2.20. The van der Waals surface area contributed by atoms with Gasteiger partial charge in [-0.15, -0.1) is 0 Å². The van der Waals surface area contributed by atoms with E-state index < -0.39 is 20.9 Å². The van der Waals surface area contributed by atoms with E-state index in [1.807, 2.05) is 6.92 Å². The number of non-ortho nitro benzene ring substituents is 1. The van der Waals surface area contributed by atoms with Crippen molar-refractivity contribution in [1.82, 2.24) is 0 Å². The first-order valence-electron chi connectivity index (χ1n) is 8.81. The van der Waals surface area contributed by atoms with E-state index in [0.29, 0.717) is 5.69 Å². The summed E-state index contributed by atoms with van der Waals surface area (Å²) in [5.74, 6) is -0.471. The number of ether oxygens (including phenoxy) is 1. The molecule has 0 radical (unpaired) electrons. The molecule has 3 aromatic rings. The zero-order valence-electron chi connectivity index (χ0n) is 16.2. The van der Waals surface area contributed by atoms with Crippen molar-refractivity contribution < 1.29 is 22.9 Å². The first kappa shape index (κ1) is 21.0. The Kier molecular flexibility index (Phi) is 5.84. The lowest BCUT2D eigenvalue weighted by atomic mass is 10.2. The van der Waals surface area contributed by atoms with Crippen molar-refractivity contribution in [2.45, 2.75) is 11.8 Å². The number of hydrogen-bond acceptors (Lipinski definition) is 6. The number of carbonyl (C=O) groups excluding carboxylic acids is 1. The Morgan fingerprint density at radius 1 is 0.933 bits per heavy atom. The SMILES string of the molecule is Cc1ccc(S(=O)(=O)N(C)c2ccc(OC(=O)c3ccc([N+](=O)[O-])cc3)cc2)cc1. The Morgan fingerprint density at radius 2 is 1.50 bits per heavy atom. The second-order valence-electron chi connectivity index (χ2n) is 6.47. The van der Waals surface area contributed by atoms with Gasteiger partial charge < -0.3 is 4.74 Å². The van der Waals surface area contributed by atoms with Crippen LogP contribution in [0.3, 0.4) is 0 Å². The summed E-state index contributed by atoms with van der Waals surface area (Å²) in [6.07, 6.45) is 0. The van der Waals surface area contributed by atoms with Crippen LogP contribution in [-0.4, -0.2) is 26.4 Å². The minimum Gasteiger partial charge on any atom is -0.423 e. The Balaban J connectivity index is 1.73. The number of anilines is 1. The number of hydrogen-bond donors (Lipinski definition) is 0. The van der Waals surface area contributed by atoms with E-state index in [0.717, 1.165) is 9.87 Å². The van der Waals surface area contributed by atoms with Crippen molar-refractivity contribution in [3.8, 4) is 5.75 Å². The fraction of sp³-hybridized carbons (Fsp3) is 0.0952. The topological polar surface area (TPSA) is 107 Å². The third-order valence-corrected chi connectivity index (χ3v) is 6.20. The van der Waals surface area contributed by atoms with Crippen LogP contribution < -0.4 is 9.04 Å². The molecule has 0 unspecified atom stereocenters. The number of aryl methyl sites for hydroxylation is 1. The van der Waals surface area contributed by atoms with Crippen molar-refractivity contribution in [2.75, 3.05) is 11.4 Å². The van der Waals surface area contributed by atoms with Crippen LogP contribution in [0, 0.1) is 17.0 Å². The molecule has 154 valence electrons. The molecule has 0 fully saturated rings. The fourth-order valence-electron chi connectivity index (χ4n) is 2.62. The minimum absolute atomic E-state index is 0.131. The van der Waals surface area contributed by atoms with Gasteiger partial charge in [0.2, 0.25) is 0 Å². The van der Waals surface area contributed by atoms with Gasteiger partial charge in [0.1, 0.15) is 5.75 Å². The Morgan fingerprint density at radius 3 is 2.03 bits per heavy atom. The number of rotatable bonds is 6. The maximum atomic E-state index is 12.8. The molecule has 0 bridgehead atoms. The molecule has 0 saturated heterocycles. The molecule has 30 heavy (non-hydrogen) atoms. The highest BCUT2D eigenvalue weighted by atomic mass is 32.2. The Bertz CT molecular complexity index is 1170. The molecule has 0 N–H and O–H groups in total. The largest absolute Gasteiger partial charge is 0.423 e. The minimum atomic E-state index is -3.73. The molecule has 0 aliphatic carbocycles. The van der Waals surface area contributed by atoms with Crippen LogP contribution in [0.5, 0.6) is 5.75 Å². The first-order chi connectivity index (χ1) is 14.2. The summed E-state index contributed by atoms with van der Waals surface area (Å²) < 4.78 is 31.9. The van der Waals surface area contributed by atoms with Gasteiger partial charge in [-0.2, -0.15) is 0 Å². The number of nitro groups is 1. The quantitative estimate of drug-likeness (QED) is 0.256. The van der Waals surface area contributed by atoms with E-state index in [9.17, 15) is 23.3 Å². The standard InChI is InChI=1S/C21H18N2O6S/c1-15-3-13-20(14-4-15)30(27,28)22(2)17-9-11-19(12-10-17)29-21(24)16-5-7-18(8-6-16)23(25)26/h3-14H,1-2H3. The number of sulfonamides is 1. The van der Waals surface area contributed by atoms with E-state index in [1.54, 1.807) is 24.3 Å². The molecule has 0 aromatic heterocycles. The van der Waals surface area contributed by atoms with Gasteiger partial charge in [0, 0.05) is 19.2 Å². The van der Waals surface area contributed by atoms with Crippen molar-refractivity contribution in [3.05, 3.63) is 94.0 Å². The van der Waals surface area contributed by atoms with Crippen LogP contribution >= 0.6 is 0 Å². The zero-order valence-corrected chi connectivity index (χ0v) is 17.0.